The third-order valence-corrected chi connectivity index (χ3v) is 3.72. The van der Waals surface area contributed by atoms with Crippen molar-refractivity contribution in [1.82, 2.24) is 14.9 Å². The molecule has 8 heteroatoms. The summed E-state index contributed by atoms with van der Waals surface area (Å²) >= 11 is 5.82. The van der Waals surface area contributed by atoms with Crippen molar-refractivity contribution in [3.8, 4) is 11.8 Å². The number of hydrogen-bond acceptors (Lipinski definition) is 5. The Balaban J connectivity index is 2.04. The van der Waals surface area contributed by atoms with Crippen LogP contribution in [-0.2, 0) is 4.74 Å². The number of carbonyl (C=O) groups is 1. The van der Waals surface area contributed by atoms with E-state index < -0.39 is 23.9 Å². The van der Waals surface area contributed by atoms with Crippen LogP contribution >= 0.6 is 11.6 Å². The van der Waals surface area contributed by atoms with Crippen LogP contribution in [-0.4, -0.2) is 51.9 Å². The van der Waals surface area contributed by atoms with Crippen LogP contribution in [0.3, 0.4) is 0 Å². The maximum atomic E-state index is 14.6. The Labute approximate surface area is 152 Å². The van der Waals surface area contributed by atoms with Gasteiger partial charge in [0.15, 0.2) is 0 Å². The molecule has 2 rings (SSSR count). The van der Waals surface area contributed by atoms with Crippen LogP contribution in [0.4, 0.5) is 15.0 Å². The lowest BCUT2D eigenvalue weighted by Gasteiger charge is -2.36. The summed E-state index contributed by atoms with van der Waals surface area (Å²) in [5.41, 5.74) is -0.0580. The van der Waals surface area contributed by atoms with Gasteiger partial charge < -0.3 is 15.0 Å². The van der Waals surface area contributed by atoms with E-state index in [0.717, 1.165) is 0 Å². The Morgan fingerprint density at radius 3 is 2.84 bits per heavy atom. The van der Waals surface area contributed by atoms with Crippen LogP contribution in [0.15, 0.2) is 6.20 Å². The molecule has 0 radical (unpaired) electrons. The first-order chi connectivity index (χ1) is 11.7. The molecule has 0 spiro atoms. The predicted molar refractivity (Wildman–Crippen MR) is 94.3 cm³/mol. The lowest BCUT2D eigenvalue weighted by molar-refractivity contribution is 0.0125. The highest BCUT2D eigenvalue weighted by Crippen LogP contribution is 2.22. The number of anilines is 1. The first-order valence-electron chi connectivity index (χ1n) is 8.03. The summed E-state index contributed by atoms with van der Waals surface area (Å²) in [4.78, 5) is 21.4. The molecule has 1 aliphatic heterocycles. The average molecular weight is 369 g/mol. The van der Waals surface area contributed by atoms with Crippen molar-refractivity contribution in [3.05, 3.63) is 17.0 Å². The Hall–Kier alpha value is -2.07. The lowest BCUT2D eigenvalue weighted by Crippen LogP contribution is -2.51. The Morgan fingerprint density at radius 1 is 1.52 bits per heavy atom. The fourth-order valence-electron chi connectivity index (χ4n) is 2.43. The number of halogens is 2. The Kier molecular flexibility index (Phi) is 6.07. The van der Waals surface area contributed by atoms with E-state index in [1.807, 2.05) is 0 Å². The molecule has 0 saturated carbocycles. The summed E-state index contributed by atoms with van der Waals surface area (Å²) in [6.45, 7) is 7.38. The van der Waals surface area contributed by atoms with Crippen LogP contribution in [0.5, 0.6) is 0 Å². The molecule has 25 heavy (non-hydrogen) atoms. The van der Waals surface area contributed by atoms with E-state index in [-0.39, 0.29) is 11.8 Å². The number of likely N-dealkylation sites (tertiary alicyclic amines) is 1. The van der Waals surface area contributed by atoms with Gasteiger partial charge in [0, 0.05) is 12.7 Å². The minimum Gasteiger partial charge on any atom is -0.444 e. The molecule has 1 fully saturated rings. The standard InChI is InChI=1S/C17H22ClFN4O2/c1-5-6-11-9-20-15(18)22-14(11)21-13-7-8-23(10-12(13)19)16(24)25-17(2,3)4/h9,12-13H,7-8,10H2,1-4H3,(H,20,21,22)/t12-,13+/m0/s1. The van der Waals surface area contributed by atoms with Crippen molar-refractivity contribution >= 4 is 23.5 Å². The second-order valence-corrected chi connectivity index (χ2v) is 7.10. The van der Waals surface area contributed by atoms with E-state index in [1.54, 1.807) is 27.7 Å². The summed E-state index contributed by atoms with van der Waals surface area (Å²) in [5.74, 6) is 6.01. The van der Waals surface area contributed by atoms with Crippen molar-refractivity contribution in [2.75, 3.05) is 18.4 Å². The predicted octanol–water partition coefficient (Wildman–Crippen LogP) is 3.26. The maximum Gasteiger partial charge on any atom is 0.410 e. The molecule has 0 aliphatic carbocycles. The van der Waals surface area contributed by atoms with Gasteiger partial charge in [0.2, 0.25) is 5.28 Å². The number of amides is 1. The van der Waals surface area contributed by atoms with Gasteiger partial charge in [-0.2, -0.15) is 4.98 Å². The van der Waals surface area contributed by atoms with Gasteiger partial charge in [0.05, 0.1) is 18.2 Å². The van der Waals surface area contributed by atoms with E-state index in [9.17, 15) is 9.18 Å². The Bertz CT molecular complexity index is 696. The molecule has 2 atom stereocenters. The number of hydrogen-bond donors (Lipinski definition) is 1. The van der Waals surface area contributed by atoms with Gasteiger partial charge in [0.25, 0.3) is 0 Å². The fraction of sp³-hybridized carbons (Fsp3) is 0.588. The van der Waals surface area contributed by atoms with Crippen molar-refractivity contribution in [2.24, 2.45) is 0 Å². The monoisotopic (exact) mass is 368 g/mol. The summed E-state index contributed by atoms with van der Waals surface area (Å²) in [7, 11) is 0. The normalized spacial score (nSPS) is 20.5. The molecule has 0 unspecified atom stereocenters. The highest BCUT2D eigenvalue weighted by atomic mass is 35.5. The molecule has 1 N–H and O–H groups in total. The molecule has 0 bridgehead atoms. The average Bonchev–Trinajstić information content (AvgIpc) is 2.50. The first kappa shape index (κ1) is 19.3. The highest BCUT2D eigenvalue weighted by Gasteiger charge is 2.34. The molecular formula is C17H22ClFN4O2. The van der Waals surface area contributed by atoms with Crippen LogP contribution in [0.25, 0.3) is 0 Å². The number of piperidine rings is 1. The van der Waals surface area contributed by atoms with Gasteiger partial charge in [-0.25, -0.2) is 14.2 Å². The van der Waals surface area contributed by atoms with E-state index >= 15 is 0 Å². The van der Waals surface area contributed by atoms with Gasteiger partial charge in [-0.3, -0.25) is 0 Å². The third kappa shape index (κ3) is 5.46. The molecule has 6 nitrogen and oxygen atoms in total. The summed E-state index contributed by atoms with van der Waals surface area (Å²) in [6.07, 6.45) is 0.145. The molecule has 136 valence electrons. The number of carbonyl (C=O) groups excluding carboxylic acids is 1. The van der Waals surface area contributed by atoms with E-state index in [4.69, 9.17) is 16.3 Å². The maximum absolute atomic E-state index is 14.6. The topological polar surface area (TPSA) is 67.4 Å². The summed E-state index contributed by atoms with van der Waals surface area (Å²) in [6, 6.07) is -0.498. The van der Waals surface area contributed by atoms with Crippen molar-refractivity contribution in [3.63, 3.8) is 0 Å². The largest absolute Gasteiger partial charge is 0.444 e. The summed E-state index contributed by atoms with van der Waals surface area (Å²) in [5, 5.41) is 3.10. The van der Waals surface area contributed by atoms with Crippen LogP contribution in [0.1, 0.15) is 39.7 Å². The van der Waals surface area contributed by atoms with Gasteiger partial charge in [-0.05, 0) is 45.7 Å². The molecule has 2 heterocycles. The molecule has 0 aromatic carbocycles. The molecule has 1 aromatic heterocycles. The molecule has 1 aliphatic rings. The van der Waals surface area contributed by atoms with Crippen molar-refractivity contribution < 1.29 is 13.9 Å². The van der Waals surface area contributed by atoms with Crippen LogP contribution in [0.2, 0.25) is 5.28 Å². The number of alkyl halides is 1. The smallest absolute Gasteiger partial charge is 0.410 e. The van der Waals surface area contributed by atoms with E-state index in [0.29, 0.717) is 24.3 Å². The fourth-order valence-corrected chi connectivity index (χ4v) is 2.57. The Morgan fingerprint density at radius 2 is 2.24 bits per heavy atom. The van der Waals surface area contributed by atoms with Crippen molar-refractivity contribution in [1.29, 1.82) is 0 Å². The number of aromatic nitrogens is 2. The van der Waals surface area contributed by atoms with Gasteiger partial charge >= 0.3 is 6.09 Å². The van der Waals surface area contributed by atoms with Gasteiger partial charge in [-0.1, -0.05) is 5.92 Å². The highest BCUT2D eigenvalue weighted by molar-refractivity contribution is 6.28. The second-order valence-electron chi connectivity index (χ2n) is 6.76. The van der Waals surface area contributed by atoms with E-state index in [1.165, 1.54) is 11.1 Å². The number of nitrogens with one attached hydrogen (secondary N) is 1. The lowest BCUT2D eigenvalue weighted by atomic mass is 10.0. The van der Waals surface area contributed by atoms with Crippen LogP contribution < -0.4 is 5.32 Å². The SMILES string of the molecule is CC#Cc1cnc(Cl)nc1N[C@@H]1CCN(C(=O)OC(C)(C)C)C[C@@H]1F. The van der Waals surface area contributed by atoms with Crippen molar-refractivity contribution in [2.45, 2.75) is 51.9 Å². The third-order valence-electron chi connectivity index (χ3n) is 3.53. The zero-order valence-corrected chi connectivity index (χ0v) is 15.5. The second kappa shape index (κ2) is 7.87. The molecule has 1 amide bonds. The number of nitrogens with zero attached hydrogens (tertiary/aromatic N) is 3. The number of ether oxygens (including phenoxy) is 1. The van der Waals surface area contributed by atoms with Gasteiger partial charge in [0.1, 0.15) is 17.6 Å². The van der Waals surface area contributed by atoms with Gasteiger partial charge in [-0.15, -0.1) is 5.92 Å². The van der Waals surface area contributed by atoms with Crippen LogP contribution in [0, 0.1) is 11.8 Å². The van der Waals surface area contributed by atoms with E-state index in [2.05, 4.69) is 27.1 Å². The first-order valence-corrected chi connectivity index (χ1v) is 8.41. The zero-order chi connectivity index (χ0) is 18.6. The minimum absolute atomic E-state index is 0.0415. The minimum atomic E-state index is -1.27. The number of rotatable bonds is 2. The quantitative estimate of drug-likeness (QED) is 0.641. The molecular weight excluding hydrogens is 347 g/mol. The summed E-state index contributed by atoms with van der Waals surface area (Å²) < 4.78 is 19.9. The molecule has 1 aromatic rings. The molecule has 1 saturated heterocycles. The zero-order valence-electron chi connectivity index (χ0n) is 14.8.